The summed E-state index contributed by atoms with van der Waals surface area (Å²) in [6.45, 7) is 0. The van der Waals surface area contributed by atoms with Crippen molar-refractivity contribution in [3.05, 3.63) is 218 Å². The summed E-state index contributed by atoms with van der Waals surface area (Å²) < 4.78 is 2.38. The molecule has 0 aliphatic heterocycles. The summed E-state index contributed by atoms with van der Waals surface area (Å²) in [5.74, 6) is 0. The highest BCUT2D eigenvalue weighted by molar-refractivity contribution is 6.12. The summed E-state index contributed by atoms with van der Waals surface area (Å²) in [4.78, 5) is 12.6. The molecule has 0 aliphatic carbocycles. The zero-order valence-corrected chi connectivity index (χ0v) is 31.6. The number of hydrogen-bond donors (Lipinski definition) is 0. The lowest BCUT2D eigenvalue weighted by Crippen LogP contribution is -2.09. The Morgan fingerprint density at radius 2 is 0.810 bits per heavy atom. The first-order chi connectivity index (χ1) is 28.7. The van der Waals surface area contributed by atoms with Gasteiger partial charge in [0, 0.05) is 44.6 Å². The van der Waals surface area contributed by atoms with Gasteiger partial charge in [-0.3, -0.25) is 0 Å². The molecule has 9 aromatic carbocycles. The first-order valence-corrected chi connectivity index (χ1v) is 19.7. The molecule has 0 amide bonds. The van der Waals surface area contributed by atoms with E-state index in [1.54, 1.807) is 0 Å². The van der Waals surface area contributed by atoms with E-state index in [1.165, 1.54) is 38.2 Å². The van der Waals surface area contributed by atoms with Gasteiger partial charge in [-0.25, -0.2) is 9.97 Å². The zero-order chi connectivity index (χ0) is 38.4. The lowest BCUT2D eigenvalue weighted by molar-refractivity contribution is 1.18. The maximum absolute atomic E-state index is 5.17. The third-order valence-electron chi connectivity index (χ3n) is 11.1. The average molecular weight is 741 g/mol. The summed E-state index contributed by atoms with van der Waals surface area (Å²) in [5.41, 5.74) is 14.6. The number of benzene rings is 9. The molecule has 272 valence electrons. The number of hydrogen-bond acceptors (Lipinski definition) is 3. The molecule has 0 saturated heterocycles. The van der Waals surface area contributed by atoms with Crippen LogP contribution in [0.5, 0.6) is 0 Å². The van der Waals surface area contributed by atoms with Crippen LogP contribution in [-0.2, 0) is 0 Å². The van der Waals surface area contributed by atoms with Crippen molar-refractivity contribution in [2.24, 2.45) is 0 Å². The third-order valence-corrected chi connectivity index (χ3v) is 11.1. The lowest BCUT2D eigenvalue weighted by atomic mass is 9.99. The van der Waals surface area contributed by atoms with Gasteiger partial charge in [0.15, 0.2) is 0 Å². The maximum atomic E-state index is 5.17. The van der Waals surface area contributed by atoms with Crippen molar-refractivity contribution < 1.29 is 0 Å². The summed E-state index contributed by atoms with van der Waals surface area (Å²) in [5, 5.41) is 4.88. The Hall–Kier alpha value is -7.82. The molecule has 4 nitrogen and oxygen atoms in total. The van der Waals surface area contributed by atoms with Gasteiger partial charge in [0.2, 0.25) is 0 Å². The SMILES string of the molecule is c1ccc(-c2nc3ccccc3nc2-c2ccc(N(c3ccccc3)c3ccc4c(c3)c3cc(-c5ccc6ccccc6c5)ccc3n4-c3ccccc3)cc2)cc1. The van der Waals surface area contributed by atoms with Crippen molar-refractivity contribution in [2.75, 3.05) is 4.90 Å². The molecular formula is C54H36N4. The molecule has 0 saturated carbocycles. The van der Waals surface area contributed by atoms with Gasteiger partial charge in [-0.15, -0.1) is 0 Å². The average Bonchev–Trinajstić information content (AvgIpc) is 3.63. The van der Waals surface area contributed by atoms with E-state index in [0.29, 0.717) is 0 Å². The van der Waals surface area contributed by atoms with Crippen LogP contribution >= 0.6 is 0 Å². The molecule has 2 aromatic heterocycles. The molecule has 0 N–H and O–H groups in total. The quantitative estimate of drug-likeness (QED) is 0.163. The van der Waals surface area contributed by atoms with Crippen LogP contribution in [-0.4, -0.2) is 14.5 Å². The minimum absolute atomic E-state index is 0.861. The highest BCUT2D eigenvalue weighted by atomic mass is 15.1. The lowest BCUT2D eigenvalue weighted by Gasteiger charge is -2.26. The molecule has 0 atom stereocenters. The Labute approximate surface area is 336 Å². The van der Waals surface area contributed by atoms with E-state index < -0.39 is 0 Å². The van der Waals surface area contributed by atoms with Crippen molar-refractivity contribution in [3.8, 4) is 39.3 Å². The second kappa shape index (κ2) is 14.0. The Morgan fingerprint density at radius 1 is 0.328 bits per heavy atom. The van der Waals surface area contributed by atoms with E-state index in [4.69, 9.17) is 9.97 Å². The van der Waals surface area contributed by atoms with Gasteiger partial charge in [-0.05, 0) is 107 Å². The van der Waals surface area contributed by atoms with Crippen LogP contribution in [0.4, 0.5) is 17.1 Å². The smallest absolute Gasteiger partial charge is 0.0973 e. The van der Waals surface area contributed by atoms with Crippen LogP contribution in [0.1, 0.15) is 0 Å². The zero-order valence-electron chi connectivity index (χ0n) is 31.6. The Kier molecular flexibility index (Phi) is 8.11. The van der Waals surface area contributed by atoms with Crippen LogP contribution < -0.4 is 4.90 Å². The fourth-order valence-electron chi connectivity index (χ4n) is 8.35. The second-order valence-electron chi connectivity index (χ2n) is 14.7. The molecule has 0 bridgehead atoms. The van der Waals surface area contributed by atoms with E-state index in [2.05, 4.69) is 198 Å². The van der Waals surface area contributed by atoms with Crippen LogP contribution in [0.25, 0.3) is 82.9 Å². The third kappa shape index (κ3) is 5.87. The van der Waals surface area contributed by atoms with E-state index in [-0.39, 0.29) is 0 Å². The summed E-state index contributed by atoms with van der Waals surface area (Å²) >= 11 is 0. The molecule has 0 spiro atoms. The highest BCUT2D eigenvalue weighted by Gasteiger charge is 2.19. The minimum atomic E-state index is 0.861. The fourth-order valence-corrected chi connectivity index (χ4v) is 8.35. The summed E-state index contributed by atoms with van der Waals surface area (Å²) in [6, 6.07) is 77.5. The van der Waals surface area contributed by atoms with Crippen LogP contribution in [0, 0.1) is 0 Å². The van der Waals surface area contributed by atoms with Gasteiger partial charge >= 0.3 is 0 Å². The first-order valence-electron chi connectivity index (χ1n) is 19.7. The topological polar surface area (TPSA) is 34.0 Å². The first kappa shape index (κ1) is 33.5. The fraction of sp³-hybridized carbons (Fsp3) is 0. The number of rotatable bonds is 7. The Bertz CT molecular complexity index is 3260. The Morgan fingerprint density at radius 3 is 1.52 bits per heavy atom. The number of nitrogens with zero attached hydrogens (tertiary/aromatic N) is 4. The van der Waals surface area contributed by atoms with Crippen molar-refractivity contribution in [2.45, 2.75) is 0 Å². The van der Waals surface area contributed by atoms with Gasteiger partial charge < -0.3 is 9.47 Å². The molecule has 0 fully saturated rings. The molecule has 0 aliphatic rings. The van der Waals surface area contributed by atoms with Gasteiger partial charge in [0.05, 0.1) is 33.5 Å². The van der Waals surface area contributed by atoms with Crippen molar-refractivity contribution in [3.63, 3.8) is 0 Å². The molecule has 2 heterocycles. The standard InChI is InChI=1S/C54H36N4/c1-4-15-38(16-5-1)53-54(56-50-23-13-12-22-49(50)55-53)39-26-29-45(30-27-39)57(43-18-6-2-7-19-43)46-31-33-52-48(36-46)47-35-42(41-25-24-37-14-10-11-17-40(37)34-41)28-32-51(47)58(52)44-20-8-3-9-21-44/h1-36H. The van der Waals surface area contributed by atoms with Gasteiger partial charge in [-0.1, -0.05) is 133 Å². The summed E-state index contributed by atoms with van der Waals surface area (Å²) in [7, 11) is 0. The van der Waals surface area contributed by atoms with E-state index >= 15 is 0 Å². The number of anilines is 3. The van der Waals surface area contributed by atoms with Gasteiger partial charge in [-0.2, -0.15) is 0 Å². The van der Waals surface area contributed by atoms with E-state index in [0.717, 1.165) is 61.8 Å². The van der Waals surface area contributed by atoms with Gasteiger partial charge in [0.1, 0.15) is 0 Å². The summed E-state index contributed by atoms with van der Waals surface area (Å²) in [6.07, 6.45) is 0. The normalized spacial score (nSPS) is 11.4. The molecule has 58 heavy (non-hydrogen) atoms. The second-order valence-corrected chi connectivity index (χ2v) is 14.7. The number of aromatic nitrogens is 3. The largest absolute Gasteiger partial charge is 0.310 e. The molecule has 11 rings (SSSR count). The van der Waals surface area contributed by atoms with Crippen molar-refractivity contribution >= 4 is 60.7 Å². The van der Waals surface area contributed by atoms with E-state index in [9.17, 15) is 0 Å². The molecule has 4 heteroatoms. The molecule has 0 unspecified atom stereocenters. The predicted molar refractivity (Wildman–Crippen MR) is 242 cm³/mol. The van der Waals surface area contributed by atoms with Gasteiger partial charge in [0.25, 0.3) is 0 Å². The number of para-hydroxylation sites is 4. The maximum Gasteiger partial charge on any atom is 0.0973 e. The van der Waals surface area contributed by atoms with Crippen LogP contribution in [0.3, 0.4) is 0 Å². The van der Waals surface area contributed by atoms with Crippen molar-refractivity contribution in [1.29, 1.82) is 0 Å². The predicted octanol–water partition coefficient (Wildman–Crippen LogP) is 14.4. The van der Waals surface area contributed by atoms with E-state index in [1.807, 2.05) is 30.3 Å². The monoisotopic (exact) mass is 740 g/mol. The molecule has 0 radical (unpaired) electrons. The Balaban J connectivity index is 1.07. The van der Waals surface area contributed by atoms with Crippen molar-refractivity contribution in [1.82, 2.24) is 14.5 Å². The van der Waals surface area contributed by atoms with Crippen LogP contribution in [0.2, 0.25) is 0 Å². The molecule has 11 aromatic rings. The van der Waals surface area contributed by atoms with Crippen LogP contribution in [0.15, 0.2) is 218 Å². The highest BCUT2D eigenvalue weighted by Crippen LogP contribution is 2.42. The molecular weight excluding hydrogens is 705 g/mol. The minimum Gasteiger partial charge on any atom is -0.310 e. The number of fused-ring (bicyclic) bond motifs is 5.